The molecular formula is C20H15ClN4O. The van der Waals surface area contributed by atoms with E-state index < -0.39 is 5.91 Å². The molecule has 3 aromatic rings. The highest BCUT2D eigenvalue weighted by Crippen LogP contribution is 2.26. The number of benzene rings is 2. The molecule has 2 aromatic carbocycles. The molecule has 1 aromatic heterocycles. The van der Waals surface area contributed by atoms with E-state index >= 15 is 0 Å². The van der Waals surface area contributed by atoms with Gasteiger partial charge < -0.3 is 5.32 Å². The predicted molar refractivity (Wildman–Crippen MR) is 102 cm³/mol. The number of carbonyl (C=O) groups excluding carboxylic acids is 1. The summed E-state index contributed by atoms with van der Waals surface area (Å²) in [4.78, 5) is 12.4. The van der Waals surface area contributed by atoms with E-state index in [1.165, 1.54) is 6.08 Å². The lowest BCUT2D eigenvalue weighted by Crippen LogP contribution is -2.13. The molecule has 0 saturated heterocycles. The summed E-state index contributed by atoms with van der Waals surface area (Å²) in [6, 6.07) is 20.3. The first kappa shape index (κ1) is 17.5. The second-order valence-electron chi connectivity index (χ2n) is 5.53. The van der Waals surface area contributed by atoms with Crippen LogP contribution in [-0.2, 0) is 4.79 Å². The molecule has 0 aliphatic heterocycles. The van der Waals surface area contributed by atoms with Crippen molar-refractivity contribution in [2.45, 2.75) is 6.92 Å². The third-order valence-electron chi connectivity index (χ3n) is 3.73. The predicted octanol–water partition coefficient (Wildman–Crippen LogP) is 4.38. The number of halogens is 1. The monoisotopic (exact) mass is 362 g/mol. The zero-order valence-corrected chi connectivity index (χ0v) is 14.7. The Labute approximate surface area is 156 Å². The van der Waals surface area contributed by atoms with E-state index in [1.807, 2.05) is 42.5 Å². The van der Waals surface area contributed by atoms with Crippen molar-refractivity contribution < 1.29 is 4.79 Å². The second-order valence-corrected chi connectivity index (χ2v) is 5.89. The smallest absolute Gasteiger partial charge is 0.266 e. The van der Waals surface area contributed by atoms with Crippen LogP contribution >= 0.6 is 11.6 Å². The van der Waals surface area contributed by atoms with Gasteiger partial charge in [0, 0.05) is 11.3 Å². The molecule has 0 saturated carbocycles. The second kappa shape index (κ2) is 7.68. The molecule has 1 heterocycles. The van der Waals surface area contributed by atoms with Gasteiger partial charge in [0.15, 0.2) is 0 Å². The molecular weight excluding hydrogens is 348 g/mol. The summed E-state index contributed by atoms with van der Waals surface area (Å²) in [7, 11) is 0. The number of rotatable bonds is 4. The molecule has 3 rings (SSSR count). The SMILES string of the molecule is Cc1nn(-c2ccccc2)c(Cl)c1C=C(C#N)C(=O)Nc1ccccc1. The fraction of sp³-hybridized carbons (Fsp3) is 0.0500. The normalized spacial score (nSPS) is 11.0. The van der Waals surface area contributed by atoms with Crippen LogP contribution in [0.25, 0.3) is 11.8 Å². The molecule has 0 fully saturated rings. The number of hydrogen-bond acceptors (Lipinski definition) is 3. The van der Waals surface area contributed by atoms with Gasteiger partial charge in [-0.15, -0.1) is 0 Å². The minimum absolute atomic E-state index is 0.0496. The number of nitriles is 1. The number of nitrogens with one attached hydrogen (secondary N) is 1. The van der Waals surface area contributed by atoms with Crippen LogP contribution in [-0.4, -0.2) is 15.7 Å². The number of nitrogens with zero attached hydrogens (tertiary/aromatic N) is 3. The fourth-order valence-corrected chi connectivity index (χ4v) is 2.75. The fourth-order valence-electron chi connectivity index (χ4n) is 2.43. The van der Waals surface area contributed by atoms with E-state index in [-0.39, 0.29) is 5.57 Å². The Hall–Kier alpha value is -3.36. The van der Waals surface area contributed by atoms with Gasteiger partial charge in [-0.25, -0.2) is 4.68 Å². The van der Waals surface area contributed by atoms with E-state index in [4.69, 9.17) is 11.6 Å². The van der Waals surface area contributed by atoms with Crippen LogP contribution in [0.2, 0.25) is 5.15 Å². The highest BCUT2D eigenvalue weighted by Gasteiger charge is 2.16. The van der Waals surface area contributed by atoms with Gasteiger partial charge in [0.25, 0.3) is 5.91 Å². The van der Waals surface area contributed by atoms with Crippen molar-refractivity contribution in [3.05, 3.63) is 82.6 Å². The summed E-state index contributed by atoms with van der Waals surface area (Å²) < 4.78 is 1.58. The van der Waals surface area contributed by atoms with Crippen LogP contribution in [0.15, 0.2) is 66.2 Å². The van der Waals surface area contributed by atoms with Gasteiger partial charge in [-0.3, -0.25) is 4.79 Å². The molecule has 6 heteroatoms. The largest absolute Gasteiger partial charge is 0.321 e. The Bertz CT molecular complexity index is 1000. The molecule has 128 valence electrons. The van der Waals surface area contributed by atoms with Crippen LogP contribution in [0.1, 0.15) is 11.3 Å². The molecule has 0 unspecified atom stereocenters. The van der Waals surface area contributed by atoms with Gasteiger partial charge in [0.1, 0.15) is 16.8 Å². The molecule has 1 N–H and O–H groups in total. The van der Waals surface area contributed by atoms with Crippen LogP contribution in [0.4, 0.5) is 5.69 Å². The highest BCUT2D eigenvalue weighted by molar-refractivity contribution is 6.31. The van der Waals surface area contributed by atoms with Crippen molar-refractivity contribution in [1.82, 2.24) is 9.78 Å². The van der Waals surface area contributed by atoms with Crippen molar-refractivity contribution in [1.29, 1.82) is 5.26 Å². The Kier molecular flexibility index (Phi) is 5.16. The number of anilines is 1. The van der Waals surface area contributed by atoms with E-state index in [9.17, 15) is 10.1 Å². The van der Waals surface area contributed by atoms with Crippen LogP contribution in [0.3, 0.4) is 0 Å². The number of amides is 1. The average Bonchev–Trinajstić information content (AvgIpc) is 2.95. The Morgan fingerprint density at radius 2 is 1.77 bits per heavy atom. The Morgan fingerprint density at radius 3 is 2.38 bits per heavy atom. The molecule has 0 aliphatic rings. The highest BCUT2D eigenvalue weighted by atomic mass is 35.5. The summed E-state index contributed by atoms with van der Waals surface area (Å²) in [5.74, 6) is -0.498. The third kappa shape index (κ3) is 3.66. The topological polar surface area (TPSA) is 70.7 Å². The van der Waals surface area contributed by atoms with Crippen LogP contribution in [0.5, 0.6) is 0 Å². The maximum atomic E-state index is 12.4. The van der Waals surface area contributed by atoms with E-state index in [0.29, 0.717) is 22.1 Å². The first-order valence-electron chi connectivity index (χ1n) is 7.89. The van der Waals surface area contributed by atoms with Gasteiger partial charge in [0.2, 0.25) is 0 Å². The van der Waals surface area contributed by atoms with Gasteiger partial charge in [-0.05, 0) is 37.3 Å². The zero-order chi connectivity index (χ0) is 18.5. The lowest BCUT2D eigenvalue weighted by Gasteiger charge is -2.04. The summed E-state index contributed by atoms with van der Waals surface area (Å²) in [5.41, 5.74) is 2.52. The number of hydrogen-bond donors (Lipinski definition) is 1. The van der Waals surface area contributed by atoms with Crippen molar-refractivity contribution in [3.63, 3.8) is 0 Å². The molecule has 1 amide bonds. The van der Waals surface area contributed by atoms with E-state index in [0.717, 1.165) is 5.69 Å². The summed E-state index contributed by atoms with van der Waals surface area (Å²) in [5, 5.41) is 16.8. The van der Waals surface area contributed by atoms with Gasteiger partial charge in [-0.1, -0.05) is 48.0 Å². The van der Waals surface area contributed by atoms with Crippen molar-refractivity contribution >= 4 is 29.3 Å². The maximum absolute atomic E-state index is 12.4. The van der Waals surface area contributed by atoms with E-state index in [2.05, 4.69) is 10.4 Å². The van der Waals surface area contributed by atoms with Gasteiger partial charge >= 0.3 is 0 Å². The minimum Gasteiger partial charge on any atom is -0.321 e. The minimum atomic E-state index is -0.498. The summed E-state index contributed by atoms with van der Waals surface area (Å²) >= 11 is 6.44. The van der Waals surface area contributed by atoms with Gasteiger partial charge in [0.05, 0.1) is 11.4 Å². The quantitative estimate of drug-likeness (QED) is 0.553. The van der Waals surface area contributed by atoms with Crippen LogP contribution < -0.4 is 5.32 Å². The molecule has 0 aliphatic carbocycles. The van der Waals surface area contributed by atoms with E-state index in [1.54, 1.807) is 35.9 Å². The number of carbonyl (C=O) groups is 1. The number of para-hydroxylation sites is 2. The molecule has 26 heavy (non-hydrogen) atoms. The molecule has 0 atom stereocenters. The summed E-state index contributed by atoms with van der Waals surface area (Å²) in [6.07, 6.45) is 1.46. The number of aromatic nitrogens is 2. The first-order valence-corrected chi connectivity index (χ1v) is 8.26. The zero-order valence-electron chi connectivity index (χ0n) is 14.0. The van der Waals surface area contributed by atoms with Crippen LogP contribution in [0, 0.1) is 18.3 Å². The Balaban J connectivity index is 1.94. The van der Waals surface area contributed by atoms with Crippen molar-refractivity contribution in [3.8, 4) is 11.8 Å². The standard InChI is InChI=1S/C20H15ClN4O/c1-14-18(19(21)25(24-14)17-10-6-3-7-11-17)12-15(13-22)20(26)23-16-8-4-2-5-9-16/h2-12H,1H3,(H,23,26). The number of aryl methyl sites for hydroxylation is 1. The average molecular weight is 363 g/mol. The van der Waals surface area contributed by atoms with Crippen molar-refractivity contribution in [2.24, 2.45) is 0 Å². The van der Waals surface area contributed by atoms with Gasteiger partial charge in [-0.2, -0.15) is 10.4 Å². The maximum Gasteiger partial charge on any atom is 0.266 e. The molecule has 0 radical (unpaired) electrons. The molecule has 0 spiro atoms. The lowest BCUT2D eigenvalue weighted by atomic mass is 10.1. The first-order chi connectivity index (χ1) is 12.6. The molecule has 0 bridgehead atoms. The Morgan fingerprint density at radius 1 is 1.15 bits per heavy atom. The third-order valence-corrected chi connectivity index (χ3v) is 4.10. The molecule has 5 nitrogen and oxygen atoms in total. The van der Waals surface area contributed by atoms with Crippen molar-refractivity contribution in [2.75, 3.05) is 5.32 Å². The lowest BCUT2D eigenvalue weighted by molar-refractivity contribution is -0.112. The summed E-state index contributed by atoms with van der Waals surface area (Å²) in [6.45, 7) is 1.78.